The average Bonchev–Trinajstić information content (AvgIpc) is 3.12. The maximum Gasteiger partial charge on any atom is 0.295 e. The summed E-state index contributed by atoms with van der Waals surface area (Å²) in [6.45, 7) is 3.98. The average molecular weight is 487 g/mol. The van der Waals surface area contributed by atoms with Gasteiger partial charge >= 0.3 is 0 Å². The summed E-state index contributed by atoms with van der Waals surface area (Å²) in [4.78, 5) is 29.1. The van der Waals surface area contributed by atoms with E-state index in [1.807, 2.05) is 0 Å². The second kappa shape index (κ2) is 10.5. The number of benzene rings is 2. The van der Waals surface area contributed by atoms with Gasteiger partial charge in [0.2, 0.25) is 5.78 Å². The Balaban J connectivity index is 1.76. The van der Waals surface area contributed by atoms with Crippen molar-refractivity contribution in [2.45, 2.75) is 6.04 Å². The molecule has 1 unspecified atom stereocenters. The fourth-order valence-electron chi connectivity index (χ4n) is 4.41. The van der Waals surface area contributed by atoms with E-state index in [1.54, 1.807) is 43.5 Å². The van der Waals surface area contributed by atoms with E-state index < -0.39 is 23.5 Å². The van der Waals surface area contributed by atoms with Crippen LogP contribution >= 0.6 is 11.6 Å². The number of carbonyl (C=O) groups is 2. The SMILES string of the molecule is COc1cccc(C2/C(=C(\[O-])c3ccc(OC)c(Cl)c3)C(=O)C(=O)N2CC[NH+]2CCOCC2)c1. The molecule has 9 heteroatoms. The van der Waals surface area contributed by atoms with Crippen LogP contribution in [0.1, 0.15) is 17.2 Å². The number of quaternary nitrogens is 1. The lowest BCUT2D eigenvalue weighted by atomic mass is 9.95. The smallest absolute Gasteiger partial charge is 0.295 e. The highest BCUT2D eigenvalue weighted by Crippen LogP contribution is 2.40. The predicted octanol–water partition coefficient (Wildman–Crippen LogP) is 0.496. The quantitative estimate of drug-likeness (QED) is 0.348. The van der Waals surface area contributed by atoms with Gasteiger partial charge in [-0.1, -0.05) is 35.6 Å². The molecule has 1 atom stereocenters. The monoisotopic (exact) mass is 486 g/mol. The van der Waals surface area contributed by atoms with Crippen molar-refractivity contribution in [3.8, 4) is 11.5 Å². The third-order valence-electron chi connectivity index (χ3n) is 6.26. The number of halogens is 1. The number of morpholine rings is 1. The Morgan fingerprint density at radius 3 is 2.59 bits per heavy atom. The number of methoxy groups -OCH3 is 2. The minimum atomic E-state index is -0.816. The Morgan fingerprint density at radius 2 is 1.91 bits per heavy atom. The lowest BCUT2D eigenvalue weighted by Gasteiger charge is -2.30. The van der Waals surface area contributed by atoms with E-state index in [0.29, 0.717) is 43.4 Å². The highest BCUT2D eigenvalue weighted by atomic mass is 35.5. The molecular formula is C25H27ClN2O6. The van der Waals surface area contributed by atoms with Crippen molar-refractivity contribution in [1.82, 2.24) is 4.90 Å². The molecule has 2 fully saturated rings. The molecule has 8 nitrogen and oxygen atoms in total. The first-order valence-electron chi connectivity index (χ1n) is 11.1. The Morgan fingerprint density at radius 1 is 1.15 bits per heavy atom. The number of hydrogen-bond acceptors (Lipinski definition) is 6. The second-order valence-corrected chi connectivity index (χ2v) is 8.62. The molecule has 2 aliphatic heterocycles. The maximum absolute atomic E-state index is 13.6. The van der Waals surface area contributed by atoms with Gasteiger partial charge in [0.1, 0.15) is 24.6 Å². The van der Waals surface area contributed by atoms with Gasteiger partial charge in [-0.2, -0.15) is 0 Å². The Labute approximate surface area is 203 Å². The van der Waals surface area contributed by atoms with Gasteiger partial charge in [0.25, 0.3) is 5.91 Å². The van der Waals surface area contributed by atoms with Gasteiger partial charge in [-0.15, -0.1) is 0 Å². The third-order valence-corrected chi connectivity index (χ3v) is 6.55. The number of likely N-dealkylation sites (tertiary alicyclic amines) is 1. The van der Waals surface area contributed by atoms with Gasteiger partial charge in [0.15, 0.2) is 0 Å². The van der Waals surface area contributed by atoms with Crippen LogP contribution in [-0.4, -0.2) is 70.2 Å². The van der Waals surface area contributed by atoms with Crippen LogP contribution in [0.15, 0.2) is 48.0 Å². The molecular weight excluding hydrogens is 460 g/mol. The van der Waals surface area contributed by atoms with E-state index in [-0.39, 0.29) is 16.2 Å². The van der Waals surface area contributed by atoms with E-state index in [0.717, 1.165) is 13.1 Å². The van der Waals surface area contributed by atoms with Crippen molar-refractivity contribution in [2.75, 3.05) is 53.6 Å². The van der Waals surface area contributed by atoms with Gasteiger partial charge in [0.05, 0.1) is 51.6 Å². The van der Waals surface area contributed by atoms with Crippen molar-refractivity contribution in [1.29, 1.82) is 0 Å². The molecule has 1 amide bonds. The van der Waals surface area contributed by atoms with Crippen molar-refractivity contribution >= 4 is 29.1 Å². The van der Waals surface area contributed by atoms with Crippen LogP contribution in [0.25, 0.3) is 5.76 Å². The molecule has 1 N–H and O–H groups in total. The Hall–Kier alpha value is -3.07. The number of Topliss-reactive ketones (excluding diaryl/α,β-unsaturated/α-hetero) is 1. The van der Waals surface area contributed by atoms with Crippen LogP contribution in [0.5, 0.6) is 11.5 Å². The fourth-order valence-corrected chi connectivity index (χ4v) is 4.67. The molecule has 2 aromatic rings. The Kier molecular flexibility index (Phi) is 7.41. The molecule has 0 aliphatic carbocycles. The van der Waals surface area contributed by atoms with Crippen molar-refractivity contribution in [2.24, 2.45) is 0 Å². The fraction of sp³-hybridized carbons (Fsp3) is 0.360. The van der Waals surface area contributed by atoms with Crippen molar-refractivity contribution < 1.29 is 33.8 Å². The zero-order valence-electron chi connectivity index (χ0n) is 19.1. The number of carbonyl (C=O) groups excluding carboxylic acids is 2. The number of hydrogen-bond donors (Lipinski definition) is 1. The van der Waals surface area contributed by atoms with E-state index in [2.05, 4.69) is 0 Å². The molecule has 0 aromatic heterocycles. The summed E-state index contributed by atoms with van der Waals surface area (Å²) in [5.74, 6) is -1.01. The Bertz CT molecular complexity index is 1110. The first-order chi connectivity index (χ1) is 16.4. The van der Waals surface area contributed by atoms with Gasteiger partial charge < -0.3 is 29.1 Å². The molecule has 180 valence electrons. The number of nitrogens with zero attached hydrogens (tertiary/aromatic N) is 1. The lowest BCUT2D eigenvalue weighted by molar-refractivity contribution is -0.907. The van der Waals surface area contributed by atoms with Crippen LogP contribution in [-0.2, 0) is 14.3 Å². The van der Waals surface area contributed by atoms with Crippen LogP contribution < -0.4 is 19.5 Å². The van der Waals surface area contributed by atoms with Crippen molar-refractivity contribution in [3.05, 3.63) is 64.2 Å². The molecule has 2 saturated heterocycles. The summed E-state index contributed by atoms with van der Waals surface area (Å²) in [6.07, 6.45) is 0. The van der Waals surface area contributed by atoms with E-state index in [1.165, 1.54) is 23.0 Å². The molecule has 2 aromatic carbocycles. The molecule has 2 heterocycles. The maximum atomic E-state index is 13.6. The highest BCUT2D eigenvalue weighted by Gasteiger charge is 2.44. The summed E-state index contributed by atoms with van der Waals surface area (Å²) in [6, 6.07) is 10.8. The van der Waals surface area contributed by atoms with E-state index in [4.69, 9.17) is 25.8 Å². The lowest BCUT2D eigenvalue weighted by Crippen LogP contribution is -3.14. The van der Waals surface area contributed by atoms with E-state index >= 15 is 0 Å². The zero-order valence-corrected chi connectivity index (χ0v) is 19.9. The van der Waals surface area contributed by atoms with Gasteiger partial charge in [-0.3, -0.25) is 9.59 Å². The molecule has 0 bridgehead atoms. The third kappa shape index (κ3) is 4.75. The number of nitrogens with one attached hydrogen (secondary N) is 1. The van der Waals surface area contributed by atoms with E-state index in [9.17, 15) is 14.7 Å². The largest absolute Gasteiger partial charge is 0.872 e. The minimum absolute atomic E-state index is 0.0866. The molecule has 0 saturated carbocycles. The zero-order chi connectivity index (χ0) is 24.2. The number of ether oxygens (including phenoxy) is 3. The summed E-state index contributed by atoms with van der Waals surface area (Å²) in [5, 5.41) is 13.8. The summed E-state index contributed by atoms with van der Waals surface area (Å²) < 4.78 is 15.9. The molecule has 4 rings (SSSR count). The van der Waals surface area contributed by atoms with Crippen molar-refractivity contribution in [3.63, 3.8) is 0 Å². The minimum Gasteiger partial charge on any atom is -0.872 e. The first-order valence-corrected chi connectivity index (χ1v) is 11.5. The normalized spacial score (nSPS) is 20.6. The van der Waals surface area contributed by atoms with Gasteiger partial charge in [-0.05, 0) is 35.4 Å². The topological polar surface area (TPSA) is 92.6 Å². The standard InChI is InChI=1S/C25H27ClN2O6/c1-32-18-5-3-4-16(14-18)22-21(23(29)17-6-7-20(33-2)19(26)15-17)24(30)25(31)28(22)9-8-27-10-12-34-13-11-27/h3-7,14-15,22,29H,8-13H2,1-2H3/b23-21+. The van der Waals surface area contributed by atoms with Crippen LogP contribution in [0.4, 0.5) is 0 Å². The first kappa shape index (κ1) is 24.1. The number of amides is 1. The molecule has 34 heavy (non-hydrogen) atoms. The van der Waals surface area contributed by atoms with Crippen LogP contribution in [0.3, 0.4) is 0 Å². The number of rotatable bonds is 7. The highest BCUT2D eigenvalue weighted by molar-refractivity contribution is 6.46. The van der Waals surface area contributed by atoms with Crippen LogP contribution in [0, 0.1) is 0 Å². The number of ketones is 1. The van der Waals surface area contributed by atoms with Crippen LogP contribution in [0.2, 0.25) is 5.02 Å². The van der Waals surface area contributed by atoms with Gasteiger partial charge in [-0.25, -0.2) is 0 Å². The molecule has 0 radical (unpaired) electrons. The molecule has 0 spiro atoms. The summed E-state index contributed by atoms with van der Waals surface area (Å²) in [5.41, 5.74) is 0.769. The summed E-state index contributed by atoms with van der Waals surface area (Å²) in [7, 11) is 3.02. The molecule has 2 aliphatic rings. The predicted molar refractivity (Wildman–Crippen MR) is 124 cm³/mol. The summed E-state index contributed by atoms with van der Waals surface area (Å²) >= 11 is 6.22. The van der Waals surface area contributed by atoms with Gasteiger partial charge in [0, 0.05) is 5.57 Å². The second-order valence-electron chi connectivity index (χ2n) is 8.21.